The zero-order chi connectivity index (χ0) is 16.7. The van der Waals surface area contributed by atoms with E-state index in [1.165, 1.54) is 12.1 Å². The van der Waals surface area contributed by atoms with Gasteiger partial charge in [0, 0.05) is 5.56 Å². The summed E-state index contributed by atoms with van der Waals surface area (Å²) in [6.45, 7) is -0.0886. The lowest BCUT2D eigenvalue weighted by molar-refractivity contribution is -0.131. The van der Waals surface area contributed by atoms with E-state index in [1.54, 1.807) is 12.1 Å². The smallest absolute Gasteiger partial charge is 0.325 e. The number of carbonyl (C=O) groups excluding carboxylic acids is 2. The number of halogens is 1. The summed E-state index contributed by atoms with van der Waals surface area (Å²) in [6.07, 6.45) is 3.16. The topological polar surface area (TPSA) is 88.3 Å². The van der Waals surface area contributed by atoms with Crippen LogP contribution in [0.1, 0.15) is 31.6 Å². The van der Waals surface area contributed by atoms with Crippen molar-refractivity contribution in [2.75, 3.05) is 0 Å². The molecule has 8 heteroatoms. The minimum atomic E-state index is -0.761. The first-order chi connectivity index (χ1) is 11.6. The molecule has 0 atom stereocenters. The highest BCUT2D eigenvalue weighted by molar-refractivity contribution is 6.07. The van der Waals surface area contributed by atoms with E-state index in [1.807, 2.05) is 0 Å². The lowest BCUT2D eigenvalue weighted by Crippen LogP contribution is -2.44. The van der Waals surface area contributed by atoms with E-state index in [2.05, 4.69) is 15.5 Å². The standard InChI is InChI=1S/C16H15FN4O3/c17-11-5-3-4-10(8-11)13-18-12(24-20-13)9-21-14(22)16(19-15(21)23)6-1-2-7-16/h3-5,8H,1-2,6-7,9H2,(H,19,23). The first-order valence-electron chi connectivity index (χ1n) is 7.80. The Hall–Kier alpha value is -2.77. The molecule has 2 aliphatic rings. The third kappa shape index (κ3) is 2.34. The van der Waals surface area contributed by atoms with Gasteiger partial charge < -0.3 is 9.84 Å². The molecule has 1 spiro atoms. The molecule has 1 aromatic heterocycles. The van der Waals surface area contributed by atoms with Crippen LogP contribution in [0, 0.1) is 5.82 Å². The fourth-order valence-corrected chi connectivity index (χ4v) is 3.34. The van der Waals surface area contributed by atoms with E-state index in [-0.39, 0.29) is 24.2 Å². The van der Waals surface area contributed by atoms with Crippen molar-refractivity contribution in [3.8, 4) is 11.4 Å². The fourth-order valence-electron chi connectivity index (χ4n) is 3.34. The predicted molar refractivity (Wildman–Crippen MR) is 80.0 cm³/mol. The van der Waals surface area contributed by atoms with Crippen molar-refractivity contribution in [3.63, 3.8) is 0 Å². The minimum absolute atomic E-state index is 0.0886. The van der Waals surface area contributed by atoms with Crippen LogP contribution < -0.4 is 5.32 Å². The number of urea groups is 1. The van der Waals surface area contributed by atoms with Crippen molar-refractivity contribution in [3.05, 3.63) is 36.0 Å². The van der Waals surface area contributed by atoms with Gasteiger partial charge in [-0.3, -0.25) is 9.69 Å². The number of nitrogens with zero attached hydrogens (tertiary/aromatic N) is 3. The summed E-state index contributed by atoms with van der Waals surface area (Å²) in [5.74, 6) is -0.299. The molecule has 0 bridgehead atoms. The second-order valence-corrected chi connectivity index (χ2v) is 6.13. The van der Waals surface area contributed by atoms with Gasteiger partial charge in [-0.2, -0.15) is 4.98 Å². The molecule has 0 unspecified atom stereocenters. The third-order valence-corrected chi connectivity index (χ3v) is 4.55. The van der Waals surface area contributed by atoms with Crippen LogP contribution in [0.5, 0.6) is 0 Å². The molecular formula is C16H15FN4O3. The number of carbonyl (C=O) groups is 2. The number of hydrogen-bond acceptors (Lipinski definition) is 5. The molecule has 1 saturated heterocycles. The van der Waals surface area contributed by atoms with Gasteiger partial charge in [0.05, 0.1) is 0 Å². The van der Waals surface area contributed by atoms with Crippen molar-refractivity contribution in [2.45, 2.75) is 37.8 Å². The van der Waals surface area contributed by atoms with Gasteiger partial charge in [0.2, 0.25) is 11.7 Å². The van der Waals surface area contributed by atoms with Crippen molar-refractivity contribution >= 4 is 11.9 Å². The van der Waals surface area contributed by atoms with Gasteiger partial charge in [-0.1, -0.05) is 30.1 Å². The monoisotopic (exact) mass is 330 g/mol. The summed E-state index contributed by atoms with van der Waals surface area (Å²) in [7, 11) is 0. The maximum Gasteiger partial charge on any atom is 0.325 e. The average molecular weight is 330 g/mol. The molecule has 4 rings (SSSR count). The Morgan fingerprint density at radius 3 is 2.83 bits per heavy atom. The maximum atomic E-state index is 13.3. The number of nitrogens with one attached hydrogen (secondary N) is 1. The minimum Gasteiger partial charge on any atom is -0.337 e. The first-order valence-corrected chi connectivity index (χ1v) is 7.80. The summed E-state index contributed by atoms with van der Waals surface area (Å²) in [5, 5.41) is 6.58. The largest absolute Gasteiger partial charge is 0.337 e. The van der Waals surface area contributed by atoms with E-state index >= 15 is 0 Å². The second-order valence-electron chi connectivity index (χ2n) is 6.13. The number of hydrogen-bond donors (Lipinski definition) is 1. The van der Waals surface area contributed by atoms with Gasteiger partial charge in [-0.15, -0.1) is 0 Å². The van der Waals surface area contributed by atoms with Gasteiger partial charge in [-0.25, -0.2) is 9.18 Å². The van der Waals surface area contributed by atoms with Crippen LogP contribution in [0.3, 0.4) is 0 Å². The molecule has 24 heavy (non-hydrogen) atoms. The molecule has 7 nitrogen and oxygen atoms in total. The Labute approximate surface area is 136 Å². The summed E-state index contributed by atoms with van der Waals surface area (Å²) >= 11 is 0. The van der Waals surface area contributed by atoms with E-state index in [4.69, 9.17) is 4.52 Å². The van der Waals surface area contributed by atoms with Crippen molar-refractivity contribution in [2.24, 2.45) is 0 Å². The van der Waals surface area contributed by atoms with E-state index in [9.17, 15) is 14.0 Å². The van der Waals surface area contributed by atoms with Gasteiger partial charge in [0.25, 0.3) is 5.91 Å². The van der Waals surface area contributed by atoms with Crippen molar-refractivity contribution in [1.82, 2.24) is 20.4 Å². The molecule has 1 aliphatic heterocycles. The Morgan fingerprint density at radius 1 is 1.29 bits per heavy atom. The highest BCUT2D eigenvalue weighted by atomic mass is 19.1. The van der Waals surface area contributed by atoms with E-state index in [0.717, 1.165) is 17.7 Å². The summed E-state index contributed by atoms with van der Waals surface area (Å²) in [6, 6.07) is 5.36. The molecule has 124 valence electrons. The normalized spacial score (nSPS) is 19.3. The number of benzene rings is 1. The molecule has 1 aromatic carbocycles. The quantitative estimate of drug-likeness (QED) is 0.872. The summed E-state index contributed by atoms with van der Waals surface area (Å²) in [4.78, 5) is 30.0. The van der Waals surface area contributed by atoms with Crippen LogP contribution >= 0.6 is 0 Å². The Kier molecular flexibility index (Phi) is 3.33. The van der Waals surface area contributed by atoms with Crippen molar-refractivity contribution < 1.29 is 18.5 Å². The maximum absolute atomic E-state index is 13.3. The number of rotatable bonds is 3. The number of aromatic nitrogens is 2. The van der Waals surface area contributed by atoms with Crippen LogP contribution in [-0.4, -0.2) is 32.5 Å². The molecule has 1 N–H and O–H groups in total. The third-order valence-electron chi connectivity index (χ3n) is 4.55. The molecule has 2 fully saturated rings. The van der Waals surface area contributed by atoms with E-state index in [0.29, 0.717) is 18.4 Å². The lowest BCUT2D eigenvalue weighted by Gasteiger charge is -2.19. The van der Waals surface area contributed by atoms with Crippen LogP contribution in [0.4, 0.5) is 9.18 Å². The Morgan fingerprint density at radius 2 is 2.08 bits per heavy atom. The second kappa shape index (κ2) is 5.40. The summed E-state index contributed by atoms with van der Waals surface area (Å²) < 4.78 is 18.4. The summed E-state index contributed by atoms with van der Waals surface area (Å²) in [5.41, 5.74) is -0.294. The Bertz CT molecular complexity index is 813. The zero-order valence-electron chi connectivity index (χ0n) is 12.8. The zero-order valence-corrected chi connectivity index (χ0v) is 12.8. The van der Waals surface area contributed by atoms with Gasteiger partial charge in [0.15, 0.2) is 0 Å². The first kappa shape index (κ1) is 14.8. The van der Waals surface area contributed by atoms with Gasteiger partial charge in [-0.05, 0) is 25.0 Å². The molecular weight excluding hydrogens is 315 g/mol. The lowest BCUT2D eigenvalue weighted by atomic mass is 9.98. The molecule has 3 amide bonds. The van der Waals surface area contributed by atoms with Crippen LogP contribution in [0.2, 0.25) is 0 Å². The molecule has 2 aromatic rings. The SMILES string of the molecule is O=C1NC2(CCCC2)C(=O)N1Cc1nc(-c2cccc(F)c2)no1. The predicted octanol–water partition coefficient (Wildman–Crippen LogP) is 2.24. The van der Waals surface area contributed by atoms with Crippen LogP contribution in [0.15, 0.2) is 28.8 Å². The fraction of sp³-hybridized carbons (Fsp3) is 0.375. The molecule has 1 aliphatic carbocycles. The Balaban J connectivity index is 1.54. The number of imide groups is 1. The van der Waals surface area contributed by atoms with Crippen molar-refractivity contribution in [1.29, 1.82) is 0 Å². The van der Waals surface area contributed by atoms with Gasteiger partial charge in [0.1, 0.15) is 17.9 Å². The van der Waals surface area contributed by atoms with Crippen LogP contribution in [-0.2, 0) is 11.3 Å². The molecule has 2 heterocycles. The average Bonchev–Trinajstić information content (AvgIpc) is 3.26. The molecule has 0 radical (unpaired) electrons. The highest BCUT2D eigenvalue weighted by Crippen LogP contribution is 2.35. The van der Waals surface area contributed by atoms with Crippen LogP contribution in [0.25, 0.3) is 11.4 Å². The van der Waals surface area contributed by atoms with E-state index < -0.39 is 17.4 Å². The number of amides is 3. The van der Waals surface area contributed by atoms with Gasteiger partial charge >= 0.3 is 6.03 Å². The highest BCUT2D eigenvalue weighted by Gasteiger charge is 2.52. The molecule has 1 saturated carbocycles.